The van der Waals surface area contributed by atoms with E-state index in [1.807, 2.05) is 20.8 Å². The van der Waals surface area contributed by atoms with E-state index in [4.69, 9.17) is 9.47 Å². The summed E-state index contributed by atoms with van der Waals surface area (Å²) in [4.78, 5) is 12.1. The van der Waals surface area contributed by atoms with Crippen LogP contribution in [0.15, 0.2) is 0 Å². The second kappa shape index (κ2) is 3.46. The van der Waals surface area contributed by atoms with E-state index in [0.29, 0.717) is 13.2 Å². The van der Waals surface area contributed by atoms with Gasteiger partial charge in [0.05, 0.1) is 6.10 Å². The zero-order chi connectivity index (χ0) is 11.1. The molecule has 0 bridgehead atoms. The van der Waals surface area contributed by atoms with Crippen LogP contribution in [-0.2, 0) is 14.3 Å². The van der Waals surface area contributed by atoms with Crippen molar-refractivity contribution in [2.45, 2.75) is 38.9 Å². The Morgan fingerprint density at radius 1 is 1.53 bits per heavy atom. The molecule has 2 aliphatic heterocycles. The second-order valence-electron chi connectivity index (χ2n) is 5.40. The van der Waals surface area contributed by atoms with Gasteiger partial charge in [0.2, 0.25) is 0 Å². The molecule has 86 valence electrons. The van der Waals surface area contributed by atoms with Crippen LogP contribution in [-0.4, -0.2) is 37.4 Å². The Kier molecular flexibility index (Phi) is 2.51. The highest BCUT2D eigenvalue weighted by atomic mass is 16.6. The van der Waals surface area contributed by atoms with Crippen molar-refractivity contribution in [1.82, 2.24) is 5.32 Å². The van der Waals surface area contributed by atoms with Gasteiger partial charge >= 0.3 is 5.97 Å². The lowest BCUT2D eigenvalue weighted by molar-refractivity contribution is -0.168. The smallest absolute Gasteiger partial charge is 0.316 e. The summed E-state index contributed by atoms with van der Waals surface area (Å²) in [5.41, 5.74) is -0.838. The van der Waals surface area contributed by atoms with Crippen molar-refractivity contribution < 1.29 is 14.3 Å². The molecule has 2 rings (SSSR count). The summed E-state index contributed by atoms with van der Waals surface area (Å²) in [5, 5.41) is 3.21. The van der Waals surface area contributed by atoms with Gasteiger partial charge < -0.3 is 14.8 Å². The van der Waals surface area contributed by atoms with Gasteiger partial charge in [-0.25, -0.2) is 0 Å². The quantitative estimate of drug-likeness (QED) is 0.652. The third-order valence-electron chi connectivity index (χ3n) is 3.06. The van der Waals surface area contributed by atoms with Crippen LogP contribution in [0.5, 0.6) is 0 Å². The van der Waals surface area contributed by atoms with Crippen molar-refractivity contribution in [2.75, 3.05) is 19.7 Å². The molecule has 0 saturated carbocycles. The predicted molar refractivity (Wildman–Crippen MR) is 55.5 cm³/mol. The molecule has 0 aromatic carbocycles. The molecule has 1 N–H and O–H groups in total. The van der Waals surface area contributed by atoms with E-state index in [1.165, 1.54) is 0 Å². The first-order valence-corrected chi connectivity index (χ1v) is 5.50. The molecule has 0 spiro atoms. The van der Waals surface area contributed by atoms with Crippen molar-refractivity contribution in [3.05, 3.63) is 0 Å². The second-order valence-corrected chi connectivity index (χ2v) is 5.40. The van der Waals surface area contributed by atoms with Gasteiger partial charge in [-0.3, -0.25) is 4.79 Å². The Bertz CT molecular complexity index is 259. The molecular weight excluding hydrogens is 194 g/mol. The lowest BCUT2D eigenvalue weighted by Crippen LogP contribution is -2.43. The molecule has 0 amide bonds. The average molecular weight is 213 g/mol. The van der Waals surface area contributed by atoms with Crippen LogP contribution in [0, 0.1) is 5.41 Å². The molecule has 4 heteroatoms. The standard InChI is InChI=1S/C11H19NO3/c1-10(2,3)15-9(13)11-4-5-14-8(11)6-12-7-11/h8,12H,4-7H2,1-3H3/t8-,11-/m0/s1. The fourth-order valence-electron chi connectivity index (χ4n) is 2.27. The minimum Gasteiger partial charge on any atom is -0.459 e. The molecule has 2 atom stereocenters. The van der Waals surface area contributed by atoms with Crippen LogP contribution in [0.25, 0.3) is 0 Å². The van der Waals surface area contributed by atoms with Crippen molar-refractivity contribution in [1.29, 1.82) is 0 Å². The number of hydrogen-bond donors (Lipinski definition) is 1. The molecule has 2 aliphatic rings. The van der Waals surface area contributed by atoms with Gasteiger partial charge in [0.15, 0.2) is 0 Å². The molecule has 0 radical (unpaired) electrons. The van der Waals surface area contributed by atoms with Crippen molar-refractivity contribution >= 4 is 5.97 Å². The van der Waals surface area contributed by atoms with Gasteiger partial charge in [0, 0.05) is 19.7 Å². The summed E-state index contributed by atoms with van der Waals surface area (Å²) in [6, 6.07) is 0. The summed E-state index contributed by atoms with van der Waals surface area (Å²) in [7, 11) is 0. The lowest BCUT2D eigenvalue weighted by Gasteiger charge is -2.29. The van der Waals surface area contributed by atoms with Crippen LogP contribution in [0.2, 0.25) is 0 Å². The topological polar surface area (TPSA) is 47.6 Å². The van der Waals surface area contributed by atoms with Crippen molar-refractivity contribution in [3.63, 3.8) is 0 Å². The largest absolute Gasteiger partial charge is 0.459 e. The summed E-state index contributed by atoms with van der Waals surface area (Å²) >= 11 is 0. The van der Waals surface area contributed by atoms with E-state index in [-0.39, 0.29) is 12.1 Å². The van der Waals surface area contributed by atoms with Crippen LogP contribution < -0.4 is 5.32 Å². The predicted octanol–water partition coefficient (Wildman–Crippen LogP) is 0.707. The van der Waals surface area contributed by atoms with E-state index in [9.17, 15) is 4.79 Å². The molecule has 15 heavy (non-hydrogen) atoms. The fraction of sp³-hybridized carbons (Fsp3) is 0.909. The minimum absolute atomic E-state index is 0.00681. The van der Waals surface area contributed by atoms with Crippen LogP contribution in [0.4, 0.5) is 0 Å². The third kappa shape index (κ3) is 1.88. The lowest BCUT2D eigenvalue weighted by atomic mass is 9.83. The number of hydrogen-bond acceptors (Lipinski definition) is 4. The van der Waals surface area contributed by atoms with Gasteiger partial charge in [0.1, 0.15) is 11.0 Å². The normalized spacial score (nSPS) is 35.3. The number of carbonyl (C=O) groups is 1. The summed E-state index contributed by atoms with van der Waals surface area (Å²) in [6.07, 6.45) is 0.784. The first-order chi connectivity index (χ1) is 6.94. The molecule has 0 unspecified atom stereocenters. The van der Waals surface area contributed by atoms with Gasteiger partial charge in [-0.15, -0.1) is 0 Å². The zero-order valence-electron chi connectivity index (χ0n) is 9.63. The monoisotopic (exact) mass is 213 g/mol. The van der Waals surface area contributed by atoms with Crippen molar-refractivity contribution in [2.24, 2.45) is 5.41 Å². The Hall–Kier alpha value is -0.610. The molecule has 2 heterocycles. The first kappa shape index (κ1) is 10.9. The third-order valence-corrected chi connectivity index (χ3v) is 3.06. The SMILES string of the molecule is CC(C)(C)OC(=O)[C@]12CCO[C@H]1CNC2. The first-order valence-electron chi connectivity index (χ1n) is 5.50. The molecule has 0 aromatic rings. The Labute approximate surface area is 90.3 Å². The van der Waals surface area contributed by atoms with Crippen LogP contribution in [0.1, 0.15) is 27.2 Å². The molecule has 4 nitrogen and oxygen atoms in total. The number of rotatable bonds is 1. The number of fused-ring (bicyclic) bond motifs is 1. The molecule has 2 saturated heterocycles. The molecule has 0 aromatic heterocycles. The van der Waals surface area contributed by atoms with E-state index in [1.54, 1.807) is 0 Å². The van der Waals surface area contributed by atoms with Gasteiger partial charge in [-0.1, -0.05) is 0 Å². The van der Waals surface area contributed by atoms with Crippen molar-refractivity contribution in [3.8, 4) is 0 Å². The zero-order valence-corrected chi connectivity index (χ0v) is 9.63. The van der Waals surface area contributed by atoms with E-state index in [0.717, 1.165) is 13.0 Å². The maximum absolute atomic E-state index is 12.1. The number of nitrogens with one attached hydrogen (secondary N) is 1. The minimum atomic E-state index is -0.423. The number of ether oxygens (including phenoxy) is 2. The molecule has 2 fully saturated rings. The maximum Gasteiger partial charge on any atom is 0.316 e. The highest BCUT2D eigenvalue weighted by molar-refractivity contribution is 5.79. The summed E-state index contributed by atoms with van der Waals surface area (Å²) in [6.45, 7) is 7.82. The van der Waals surface area contributed by atoms with E-state index in [2.05, 4.69) is 5.32 Å². The van der Waals surface area contributed by atoms with Crippen LogP contribution >= 0.6 is 0 Å². The number of esters is 1. The highest BCUT2D eigenvalue weighted by Crippen LogP contribution is 2.39. The van der Waals surface area contributed by atoms with Crippen LogP contribution in [0.3, 0.4) is 0 Å². The van der Waals surface area contributed by atoms with Gasteiger partial charge in [-0.05, 0) is 27.2 Å². The molecular formula is C11H19NO3. The Morgan fingerprint density at radius 2 is 2.27 bits per heavy atom. The average Bonchev–Trinajstić information content (AvgIpc) is 2.55. The van der Waals surface area contributed by atoms with Gasteiger partial charge in [-0.2, -0.15) is 0 Å². The van der Waals surface area contributed by atoms with Gasteiger partial charge in [0.25, 0.3) is 0 Å². The Morgan fingerprint density at radius 3 is 2.93 bits per heavy atom. The van der Waals surface area contributed by atoms with E-state index >= 15 is 0 Å². The number of carbonyl (C=O) groups excluding carboxylic acids is 1. The molecule has 0 aliphatic carbocycles. The van der Waals surface area contributed by atoms with E-state index < -0.39 is 11.0 Å². The highest BCUT2D eigenvalue weighted by Gasteiger charge is 2.55. The maximum atomic E-state index is 12.1. The summed E-state index contributed by atoms with van der Waals surface area (Å²) < 4.78 is 11.0. The Balaban J connectivity index is 2.11. The summed E-state index contributed by atoms with van der Waals surface area (Å²) in [5.74, 6) is -0.109. The fourth-order valence-corrected chi connectivity index (χ4v) is 2.27.